The second-order valence-corrected chi connectivity index (χ2v) is 5.72. The zero-order valence-corrected chi connectivity index (χ0v) is 10.1. The maximum atomic E-state index is 12.3. The maximum absolute atomic E-state index is 12.3. The first-order valence-electron chi connectivity index (χ1n) is 6.13. The van der Waals surface area contributed by atoms with Gasteiger partial charge in [-0.3, -0.25) is 4.79 Å². The molecule has 2 fully saturated rings. The van der Waals surface area contributed by atoms with Gasteiger partial charge in [0.2, 0.25) is 5.91 Å². The number of hydrogen-bond donors (Lipinski definition) is 3. The number of aliphatic hydroxyl groups excluding tert-OH is 1. The molecule has 0 aromatic heterocycles. The molecule has 1 amide bonds. The van der Waals surface area contributed by atoms with E-state index in [1.54, 1.807) is 0 Å². The molecule has 0 aromatic rings. The second-order valence-electron chi connectivity index (χ2n) is 5.72. The lowest BCUT2D eigenvalue weighted by atomic mass is 9.67. The maximum Gasteiger partial charge on any atom is 0.229 e. The Kier molecular flexibility index (Phi) is 2.75. The molecule has 0 radical (unpaired) electrons. The van der Waals surface area contributed by atoms with Gasteiger partial charge >= 0.3 is 0 Å². The molecule has 0 saturated heterocycles. The summed E-state index contributed by atoms with van der Waals surface area (Å²) in [4.78, 5) is 12.3. The fraction of sp³-hybridized carbons (Fsp3) is 0.917. The highest BCUT2D eigenvalue weighted by Gasteiger charge is 2.67. The Morgan fingerprint density at radius 1 is 1.56 bits per heavy atom. The number of fused-ring (bicyclic) bond motifs is 2. The second kappa shape index (κ2) is 3.70. The van der Waals surface area contributed by atoms with E-state index in [2.05, 4.69) is 19.2 Å². The molecule has 2 bridgehead atoms. The topological polar surface area (TPSA) is 75.4 Å². The highest BCUT2D eigenvalue weighted by molar-refractivity contribution is 5.85. The van der Waals surface area contributed by atoms with Crippen molar-refractivity contribution in [2.75, 3.05) is 13.1 Å². The van der Waals surface area contributed by atoms with Crippen molar-refractivity contribution < 1.29 is 9.90 Å². The summed E-state index contributed by atoms with van der Waals surface area (Å²) in [5.74, 6) is 0.474. The van der Waals surface area contributed by atoms with E-state index in [0.29, 0.717) is 19.0 Å². The predicted molar refractivity (Wildman–Crippen MR) is 61.6 cm³/mol. The molecule has 3 atom stereocenters. The van der Waals surface area contributed by atoms with Crippen molar-refractivity contribution in [2.45, 2.75) is 39.2 Å². The van der Waals surface area contributed by atoms with E-state index >= 15 is 0 Å². The smallest absolute Gasteiger partial charge is 0.229 e. The van der Waals surface area contributed by atoms with Gasteiger partial charge in [0.1, 0.15) is 0 Å². The number of nitrogens with two attached hydrogens (primary N) is 1. The number of aliphatic hydroxyl groups is 1. The van der Waals surface area contributed by atoms with Gasteiger partial charge in [0.25, 0.3) is 0 Å². The van der Waals surface area contributed by atoms with Crippen LogP contribution in [0.2, 0.25) is 0 Å². The molecule has 0 aliphatic heterocycles. The highest BCUT2D eigenvalue weighted by Crippen LogP contribution is 2.65. The summed E-state index contributed by atoms with van der Waals surface area (Å²) in [7, 11) is 0. The normalized spacial score (nSPS) is 40.0. The standard InChI is InChI=1S/C12H22N2O2/c1-11(2)8-3-4-12(11,9(15)7-8)10(16)14-6-5-13/h8-9,15H,3-7,13H2,1-2H3,(H,14,16)/t8-,9+,12+/m0/s1. The summed E-state index contributed by atoms with van der Waals surface area (Å²) in [6, 6.07) is 0. The van der Waals surface area contributed by atoms with Crippen molar-refractivity contribution >= 4 is 5.91 Å². The number of carbonyl (C=O) groups is 1. The van der Waals surface area contributed by atoms with Crippen LogP contribution in [0.4, 0.5) is 0 Å². The van der Waals surface area contributed by atoms with Crippen LogP contribution in [-0.2, 0) is 4.79 Å². The minimum Gasteiger partial charge on any atom is -0.392 e. The molecule has 16 heavy (non-hydrogen) atoms. The van der Waals surface area contributed by atoms with Crippen LogP contribution in [-0.4, -0.2) is 30.2 Å². The molecule has 2 saturated carbocycles. The Hall–Kier alpha value is -0.610. The highest BCUT2D eigenvalue weighted by atomic mass is 16.3. The molecule has 92 valence electrons. The zero-order chi connectivity index (χ0) is 12.0. The van der Waals surface area contributed by atoms with Crippen LogP contribution in [0.5, 0.6) is 0 Å². The fourth-order valence-corrected chi connectivity index (χ4v) is 3.83. The summed E-state index contributed by atoms with van der Waals surface area (Å²) >= 11 is 0. The van der Waals surface area contributed by atoms with Gasteiger partial charge in [-0.2, -0.15) is 0 Å². The lowest BCUT2D eigenvalue weighted by Gasteiger charge is -2.38. The fourth-order valence-electron chi connectivity index (χ4n) is 3.83. The molecular weight excluding hydrogens is 204 g/mol. The third-order valence-electron chi connectivity index (χ3n) is 4.97. The number of nitrogens with one attached hydrogen (secondary N) is 1. The Labute approximate surface area is 96.6 Å². The van der Waals surface area contributed by atoms with Gasteiger partial charge in [0.05, 0.1) is 11.5 Å². The van der Waals surface area contributed by atoms with E-state index in [9.17, 15) is 9.90 Å². The van der Waals surface area contributed by atoms with Crippen molar-refractivity contribution in [2.24, 2.45) is 22.5 Å². The number of amides is 1. The van der Waals surface area contributed by atoms with Gasteiger partial charge in [-0.25, -0.2) is 0 Å². The molecule has 0 unspecified atom stereocenters. The molecule has 0 aromatic carbocycles. The number of hydrogen-bond acceptors (Lipinski definition) is 3. The predicted octanol–water partition coefficient (Wildman–Crippen LogP) is 0.249. The molecule has 0 spiro atoms. The van der Waals surface area contributed by atoms with E-state index in [-0.39, 0.29) is 11.3 Å². The van der Waals surface area contributed by atoms with Gasteiger partial charge in [-0.05, 0) is 30.6 Å². The Morgan fingerprint density at radius 2 is 2.25 bits per heavy atom. The Balaban J connectivity index is 2.24. The van der Waals surface area contributed by atoms with Crippen LogP contribution in [0.3, 0.4) is 0 Å². The Morgan fingerprint density at radius 3 is 2.69 bits per heavy atom. The molecule has 4 N–H and O–H groups in total. The lowest BCUT2D eigenvalue weighted by Crippen LogP contribution is -2.52. The van der Waals surface area contributed by atoms with Crippen LogP contribution < -0.4 is 11.1 Å². The summed E-state index contributed by atoms with van der Waals surface area (Å²) in [6.45, 7) is 5.17. The molecule has 4 heteroatoms. The van der Waals surface area contributed by atoms with Crippen molar-refractivity contribution in [1.82, 2.24) is 5.32 Å². The number of carbonyl (C=O) groups excluding carboxylic acids is 1. The minimum absolute atomic E-state index is 0.00421. The lowest BCUT2D eigenvalue weighted by molar-refractivity contribution is -0.142. The monoisotopic (exact) mass is 226 g/mol. The van der Waals surface area contributed by atoms with Crippen molar-refractivity contribution in [1.29, 1.82) is 0 Å². The molecule has 2 aliphatic rings. The average molecular weight is 226 g/mol. The summed E-state index contributed by atoms with van der Waals surface area (Å²) in [5.41, 5.74) is 4.73. The third kappa shape index (κ3) is 1.26. The molecule has 2 aliphatic carbocycles. The van der Waals surface area contributed by atoms with Crippen LogP contribution >= 0.6 is 0 Å². The molecular formula is C12H22N2O2. The minimum atomic E-state index is -0.577. The van der Waals surface area contributed by atoms with Crippen LogP contribution in [0.1, 0.15) is 33.1 Å². The van der Waals surface area contributed by atoms with E-state index in [4.69, 9.17) is 5.73 Å². The Bertz CT molecular complexity index is 303. The van der Waals surface area contributed by atoms with E-state index in [1.807, 2.05) is 0 Å². The molecule has 4 nitrogen and oxygen atoms in total. The largest absolute Gasteiger partial charge is 0.392 e. The van der Waals surface area contributed by atoms with Crippen molar-refractivity contribution in [3.8, 4) is 0 Å². The van der Waals surface area contributed by atoms with Gasteiger partial charge in [-0.1, -0.05) is 13.8 Å². The molecule has 0 heterocycles. The summed E-state index contributed by atoms with van der Waals surface area (Å²) in [6.07, 6.45) is 2.14. The van der Waals surface area contributed by atoms with Crippen LogP contribution in [0.15, 0.2) is 0 Å². The van der Waals surface area contributed by atoms with Gasteiger partial charge in [-0.15, -0.1) is 0 Å². The van der Waals surface area contributed by atoms with Crippen molar-refractivity contribution in [3.05, 3.63) is 0 Å². The first-order chi connectivity index (χ1) is 7.46. The quantitative estimate of drug-likeness (QED) is 0.645. The van der Waals surface area contributed by atoms with Gasteiger partial charge in [0, 0.05) is 13.1 Å². The van der Waals surface area contributed by atoms with E-state index in [0.717, 1.165) is 19.3 Å². The average Bonchev–Trinajstić information content (AvgIpc) is 2.59. The third-order valence-corrected chi connectivity index (χ3v) is 4.97. The number of rotatable bonds is 3. The van der Waals surface area contributed by atoms with Gasteiger partial charge < -0.3 is 16.2 Å². The van der Waals surface area contributed by atoms with Crippen molar-refractivity contribution in [3.63, 3.8) is 0 Å². The van der Waals surface area contributed by atoms with E-state index < -0.39 is 11.5 Å². The summed E-state index contributed by atoms with van der Waals surface area (Å²) in [5, 5.41) is 13.0. The molecule has 2 rings (SSSR count). The van der Waals surface area contributed by atoms with E-state index in [1.165, 1.54) is 0 Å². The van der Waals surface area contributed by atoms with Crippen LogP contribution in [0, 0.1) is 16.7 Å². The first kappa shape index (κ1) is 11.9. The summed E-state index contributed by atoms with van der Waals surface area (Å²) < 4.78 is 0. The van der Waals surface area contributed by atoms with Gasteiger partial charge in [0.15, 0.2) is 0 Å². The van der Waals surface area contributed by atoms with Crippen LogP contribution in [0.25, 0.3) is 0 Å². The SMILES string of the molecule is CC1(C)[C@H]2CC[C@]1(C(=O)NCCN)[C@H](O)C2. The first-order valence-corrected chi connectivity index (χ1v) is 6.13. The zero-order valence-electron chi connectivity index (χ0n) is 10.1.